The van der Waals surface area contributed by atoms with Gasteiger partial charge in [0.1, 0.15) is 5.82 Å². The third-order valence-corrected chi connectivity index (χ3v) is 2.01. The highest BCUT2D eigenvalue weighted by atomic mass is 19.4. The number of pyridine rings is 1. The molecule has 0 saturated carbocycles. The zero-order valence-electron chi connectivity index (χ0n) is 9.72. The van der Waals surface area contributed by atoms with Crippen LogP contribution < -0.4 is 5.32 Å². The number of rotatable bonds is 1. The van der Waals surface area contributed by atoms with Crippen LogP contribution in [-0.2, 0) is 11.0 Å². The molecule has 0 fully saturated rings. The van der Waals surface area contributed by atoms with Gasteiger partial charge in [0.2, 0.25) is 5.91 Å². The molecule has 0 atom stereocenters. The second-order valence-electron chi connectivity index (χ2n) is 4.63. The predicted octanol–water partition coefficient (Wildman–Crippen LogP) is 3.09. The Kier molecular flexibility index (Phi) is 3.45. The first-order valence-electron chi connectivity index (χ1n) is 4.95. The molecule has 0 saturated heterocycles. The van der Waals surface area contributed by atoms with E-state index >= 15 is 0 Å². The van der Waals surface area contributed by atoms with E-state index in [-0.39, 0.29) is 11.7 Å². The van der Waals surface area contributed by atoms with E-state index in [9.17, 15) is 18.0 Å². The standard InChI is InChI=1S/C11H13F3N2O/c1-10(2,3)9(17)16-8-5-4-7(6-15-8)11(12,13)14/h4-6H,1-3H3,(H,15,16,17). The fraction of sp³-hybridized carbons (Fsp3) is 0.455. The Balaban J connectivity index is 2.80. The molecule has 1 N–H and O–H groups in total. The molecule has 0 aromatic carbocycles. The van der Waals surface area contributed by atoms with Gasteiger partial charge in [-0.05, 0) is 12.1 Å². The van der Waals surface area contributed by atoms with E-state index in [0.717, 1.165) is 12.1 Å². The monoisotopic (exact) mass is 246 g/mol. The Morgan fingerprint density at radius 1 is 1.24 bits per heavy atom. The van der Waals surface area contributed by atoms with Crippen molar-refractivity contribution in [3.8, 4) is 0 Å². The van der Waals surface area contributed by atoms with E-state index < -0.39 is 17.2 Å². The smallest absolute Gasteiger partial charge is 0.310 e. The van der Waals surface area contributed by atoms with Gasteiger partial charge in [0.25, 0.3) is 0 Å². The van der Waals surface area contributed by atoms with Crippen LogP contribution in [0, 0.1) is 5.41 Å². The van der Waals surface area contributed by atoms with Crippen LogP contribution in [0.15, 0.2) is 18.3 Å². The second kappa shape index (κ2) is 4.35. The number of carbonyl (C=O) groups is 1. The molecule has 1 rings (SSSR count). The van der Waals surface area contributed by atoms with E-state index in [0.29, 0.717) is 6.20 Å². The van der Waals surface area contributed by atoms with Crippen molar-refractivity contribution in [2.45, 2.75) is 26.9 Å². The van der Waals surface area contributed by atoms with Crippen LogP contribution in [0.2, 0.25) is 0 Å². The molecular weight excluding hydrogens is 233 g/mol. The van der Waals surface area contributed by atoms with E-state index in [1.54, 1.807) is 20.8 Å². The number of halogens is 3. The van der Waals surface area contributed by atoms with Crippen molar-refractivity contribution in [3.63, 3.8) is 0 Å². The highest BCUT2D eigenvalue weighted by Gasteiger charge is 2.30. The van der Waals surface area contributed by atoms with Crippen LogP contribution in [0.5, 0.6) is 0 Å². The first kappa shape index (κ1) is 13.5. The van der Waals surface area contributed by atoms with Crippen molar-refractivity contribution < 1.29 is 18.0 Å². The van der Waals surface area contributed by atoms with Gasteiger partial charge in [0.05, 0.1) is 5.56 Å². The van der Waals surface area contributed by atoms with Gasteiger partial charge in [-0.15, -0.1) is 0 Å². The lowest BCUT2D eigenvalue weighted by Gasteiger charge is -2.17. The number of amides is 1. The summed E-state index contributed by atoms with van der Waals surface area (Å²) in [5.41, 5.74) is -1.46. The molecular formula is C11H13F3N2O. The van der Waals surface area contributed by atoms with Crippen LogP contribution in [0.25, 0.3) is 0 Å². The number of anilines is 1. The van der Waals surface area contributed by atoms with Crippen molar-refractivity contribution in [2.75, 3.05) is 5.32 Å². The van der Waals surface area contributed by atoms with Crippen molar-refractivity contribution in [1.29, 1.82) is 0 Å². The summed E-state index contributed by atoms with van der Waals surface area (Å²) in [5.74, 6) is -0.192. The molecule has 0 bridgehead atoms. The molecule has 1 amide bonds. The number of hydrogen-bond acceptors (Lipinski definition) is 2. The molecule has 0 unspecified atom stereocenters. The van der Waals surface area contributed by atoms with Crippen LogP contribution >= 0.6 is 0 Å². The van der Waals surface area contributed by atoms with E-state index in [2.05, 4.69) is 10.3 Å². The molecule has 0 spiro atoms. The number of hydrogen-bond donors (Lipinski definition) is 1. The average Bonchev–Trinajstić information content (AvgIpc) is 2.15. The fourth-order valence-corrected chi connectivity index (χ4v) is 0.939. The van der Waals surface area contributed by atoms with Gasteiger partial charge in [-0.3, -0.25) is 4.79 Å². The first-order chi connectivity index (χ1) is 7.60. The minimum Gasteiger partial charge on any atom is -0.310 e. The van der Waals surface area contributed by atoms with Gasteiger partial charge in [0.15, 0.2) is 0 Å². The summed E-state index contributed by atoms with van der Waals surface area (Å²) in [6, 6.07) is 2.01. The molecule has 3 nitrogen and oxygen atoms in total. The third-order valence-electron chi connectivity index (χ3n) is 2.01. The van der Waals surface area contributed by atoms with Gasteiger partial charge in [-0.1, -0.05) is 20.8 Å². The molecule has 1 heterocycles. The van der Waals surface area contributed by atoms with Crippen LogP contribution in [-0.4, -0.2) is 10.9 Å². The Hall–Kier alpha value is -1.59. The second-order valence-corrected chi connectivity index (χ2v) is 4.63. The van der Waals surface area contributed by atoms with Crippen molar-refractivity contribution >= 4 is 11.7 Å². The maximum Gasteiger partial charge on any atom is 0.417 e. The average molecular weight is 246 g/mol. The normalized spacial score (nSPS) is 12.4. The van der Waals surface area contributed by atoms with Gasteiger partial charge in [-0.2, -0.15) is 13.2 Å². The topological polar surface area (TPSA) is 42.0 Å². The summed E-state index contributed by atoms with van der Waals surface area (Å²) in [7, 11) is 0. The SMILES string of the molecule is CC(C)(C)C(=O)Nc1ccc(C(F)(F)F)cn1. The van der Waals surface area contributed by atoms with Gasteiger partial charge in [-0.25, -0.2) is 4.98 Å². The zero-order valence-corrected chi connectivity index (χ0v) is 9.72. The lowest BCUT2D eigenvalue weighted by Crippen LogP contribution is -2.28. The lowest BCUT2D eigenvalue weighted by atomic mass is 9.96. The quantitative estimate of drug-likeness (QED) is 0.827. The Morgan fingerprint density at radius 3 is 2.18 bits per heavy atom. The predicted molar refractivity (Wildman–Crippen MR) is 57.3 cm³/mol. The number of carbonyl (C=O) groups excluding carboxylic acids is 1. The number of nitrogens with zero attached hydrogens (tertiary/aromatic N) is 1. The van der Waals surface area contributed by atoms with Crippen molar-refractivity contribution in [2.24, 2.45) is 5.41 Å². The Bertz CT molecular complexity index is 404. The summed E-state index contributed by atoms with van der Waals surface area (Å²) in [6.45, 7) is 5.10. The van der Waals surface area contributed by atoms with Crippen LogP contribution in [0.4, 0.5) is 19.0 Å². The van der Waals surface area contributed by atoms with E-state index in [1.807, 2.05) is 0 Å². The molecule has 1 aromatic heterocycles. The Labute approximate surface area is 97.0 Å². The Morgan fingerprint density at radius 2 is 1.82 bits per heavy atom. The number of aromatic nitrogens is 1. The highest BCUT2D eigenvalue weighted by Crippen LogP contribution is 2.29. The molecule has 0 aliphatic heterocycles. The minimum absolute atomic E-state index is 0.109. The maximum absolute atomic E-state index is 12.2. The van der Waals surface area contributed by atoms with E-state index in [1.165, 1.54) is 0 Å². The summed E-state index contributed by atoms with van der Waals surface area (Å²) in [5, 5.41) is 2.44. The van der Waals surface area contributed by atoms with Crippen molar-refractivity contribution in [1.82, 2.24) is 4.98 Å². The summed E-state index contributed by atoms with van der Waals surface area (Å²) in [6.07, 6.45) is -3.72. The van der Waals surface area contributed by atoms with E-state index in [4.69, 9.17) is 0 Å². The summed E-state index contributed by atoms with van der Waals surface area (Å²) >= 11 is 0. The number of nitrogens with one attached hydrogen (secondary N) is 1. The minimum atomic E-state index is -4.42. The van der Waals surface area contributed by atoms with Gasteiger partial charge >= 0.3 is 6.18 Å². The largest absolute Gasteiger partial charge is 0.417 e. The molecule has 6 heteroatoms. The molecule has 17 heavy (non-hydrogen) atoms. The summed E-state index contributed by atoms with van der Waals surface area (Å²) in [4.78, 5) is 15.1. The highest BCUT2D eigenvalue weighted by molar-refractivity contribution is 5.93. The zero-order chi connectivity index (χ0) is 13.3. The molecule has 0 aliphatic rings. The van der Waals surface area contributed by atoms with Gasteiger partial charge in [0, 0.05) is 11.6 Å². The van der Waals surface area contributed by atoms with Crippen LogP contribution in [0.1, 0.15) is 26.3 Å². The first-order valence-corrected chi connectivity index (χ1v) is 4.95. The summed E-state index contributed by atoms with van der Waals surface area (Å²) < 4.78 is 36.7. The molecule has 1 aromatic rings. The fourth-order valence-electron chi connectivity index (χ4n) is 0.939. The molecule has 94 valence electrons. The lowest BCUT2D eigenvalue weighted by molar-refractivity contribution is -0.137. The van der Waals surface area contributed by atoms with Gasteiger partial charge < -0.3 is 5.32 Å². The number of alkyl halides is 3. The molecule has 0 aliphatic carbocycles. The van der Waals surface area contributed by atoms with Crippen molar-refractivity contribution in [3.05, 3.63) is 23.9 Å². The molecule has 0 radical (unpaired) electrons. The maximum atomic E-state index is 12.2. The van der Waals surface area contributed by atoms with Crippen LogP contribution in [0.3, 0.4) is 0 Å². The third kappa shape index (κ3) is 3.72.